The quantitative estimate of drug-likeness (QED) is 0.684. The van der Waals surface area contributed by atoms with Crippen LogP contribution in [0, 0.1) is 6.92 Å². The highest BCUT2D eigenvalue weighted by atomic mass is 35.5. The van der Waals surface area contributed by atoms with Gasteiger partial charge in [0.05, 0.1) is 0 Å². The van der Waals surface area contributed by atoms with Gasteiger partial charge in [-0.1, -0.05) is 26.0 Å². The molecule has 1 aromatic carbocycles. The summed E-state index contributed by atoms with van der Waals surface area (Å²) in [6, 6.07) is 10.2. The first kappa shape index (κ1) is 14.9. The van der Waals surface area contributed by atoms with E-state index in [-0.39, 0.29) is 0 Å². The topological polar surface area (TPSA) is 22.1 Å². The maximum Gasteiger partial charge on any atom is 0.222 e. The van der Waals surface area contributed by atoms with E-state index in [1.54, 1.807) is 6.20 Å². The molecule has 1 unspecified atom stereocenters. The van der Waals surface area contributed by atoms with Gasteiger partial charge in [0.1, 0.15) is 5.75 Å². The van der Waals surface area contributed by atoms with Gasteiger partial charge in [-0.2, -0.15) is 0 Å². The normalized spacial score (nSPS) is 12.2. The van der Waals surface area contributed by atoms with E-state index in [2.05, 4.69) is 31.0 Å². The molecular weight excluding hydrogens is 270 g/mol. The summed E-state index contributed by atoms with van der Waals surface area (Å²) in [5.41, 5.74) is 3.33. The van der Waals surface area contributed by atoms with Crippen LogP contribution in [-0.2, 0) is 5.88 Å². The minimum absolute atomic E-state index is 0.470. The van der Waals surface area contributed by atoms with Crippen LogP contribution in [-0.4, -0.2) is 4.98 Å². The monoisotopic (exact) mass is 289 g/mol. The lowest BCUT2D eigenvalue weighted by molar-refractivity contribution is 0.458. The highest BCUT2D eigenvalue weighted by Gasteiger charge is 2.06. The zero-order chi connectivity index (χ0) is 14.5. The van der Waals surface area contributed by atoms with Crippen molar-refractivity contribution in [3.05, 3.63) is 53.2 Å². The number of benzene rings is 1. The maximum atomic E-state index is 5.82. The van der Waals surface area contributed by atoms with E-state index in [0.29, 0.717) is 17.7 Å². The summed E-state index contributed by atoms with van der Waals surface area (Å²) in [7, 11) is 0. The fourth-order valence-electron chi connectivity index (χ4n) is 2.01. The number of aromatic nitrogens is 1. The van der Waals surface area contributed by atoms with Gasteiger partial charge in [-0.15, -0.1) is 11.6 Å². The molecule has 1 atom stereocenters. The number of hydrogen-bond donors (Lipinski definition) is 0. The Kier molecular flexibility index (Phi) is 5.02. The van der Waals surface area contributed by atoms with Crippen LogP contribution in [0.1, 0.15) is 42.9 Å². The first-order valence-electron chi connectivity index (χ1n) is 6.93. The Morgan fingerprint density at radius 1 is 1.25 bits per heavy atom. The summed E-state index contributed by atoms with van der Waals surface area (Å²) in [5, 5.41) is 0. The molecule has 2 aromatic rings. The lowest BCUT2D eigenvalue weighted by atomic mass is 9.99. The molecule has 0 aliphatic rings. The van der Waals surface area contributed by atoms with E-state index in [0.717, 1.165) is 23.3 Å². The van der Waals surface area contributed by atoms with Gasteiger partial charge in [-0.25, -0.2) is 4.98 Å². The summed E-state index contributed by atoms with van der Waals surface area (Å²) in [4.78, 5) is 4.31. The van der Waals surface area contributed by atoms with Gasteiger partial charge in [-0.05, 0) is 48.6 Å². The van der Waals surface area contributed by atoms with Crippen LogP contribution in [0.4, 0.5) is 0 Å². The van der Waals surface area contributed by atoms with E-state index < -0.39 is 0 Å². The Hall–Kier alpha value is -1.54. The largest absolute Gasteiger partial charge is 0.439 e. The minimum atomic E-state index is 0.470. The number of aryl methyl sites for hydroxylation is 1. The number of alkyl halides is 1. The third-order valence-corrected chi connectivity index (χ3v) is 3.83. The molecule has 1 heterocycles. The molecular formula is C17H20ClNO. The highest BCUT2D eigenvalue weighted by Crippen LogP contribution is 2.26. The second-order valence-corrected chi connectivity index (χ2v) is 5.35. The van der Waals surface area contributed by atoms with E-state index in [4.69, 9.17) is 16.3 Å². The lowest BCUT2D eigenvalue weighted by Gasteiger charge is -2.11. The van der Waals surface area contributed by atoms with Gasteiger partial charge < -0.3 is 4.74 Å². The SMILES string of the molecule is CCC(C)c1ccc(Oc2ncc(CCl)cc2C)cc1. The van der Waals surface area contributed by atoms with Crippen molar-refractivity contribution in [1.82, 2.24) is 4.98 Å². The third-order valence-electron chi connectivity index (χ3n) is 3.52. The summed E-state index contributed by atoms with van der Waals surface area (Å²) in [6.07, 6.45) is 2.89. The van der Waals surface area contributed by atoms with Crippen molar-refractivity contribution in [1.29, 1.82) is 0 Å². The second kappa shape index (κ2) is 6.76. The smallest absolute Gasteiger partial charge is 0.222 e. The molecule has 0 spiro atoms. The average molecular weight is 290 g/mol. The number of nitrogens with zero attached hydrogens (tertiary/aromatic N) is 1. The molecule has 2 nitrogen and oxygen atoms in total. The van der Waals surface area contributed by atoms with Crippen LogP contribution < -0.4 is 4.74 Å². The second-order valence-electron chi connectivity index (χ2n) is 5.08. The summed E-state index contributed by atoms with van der Waals surface area (Å²) >= 11 is 5.79. The zero-order valence-electron chi connectivity index (χ0n) is 12.2. The molecule has 0 N–H and O–H groups in total. The van der Waals surface area contributed by atoms with Crippen LogP contribution in [0.2, 0.25) is 0 Å². The van der Waals surface area contributed by atoms with Crippen molar-refractivity contribution < 1.29 is 4.74 Å². The maximum absolute atomic E-state index is 5.82. The molecule has 0 saturated carbocycles. The lowest BCUT2D eigenvalue weighted by Crippen LogP contribution is -1.94. The number of halogens is 1. The van der Waals surface area contributed by atoms with Gasteiger partial charge in [-0.3, -0.25) is 0 Å². The van der Waals surface area contributed by atoms with Crippen molar-refractivity contribution in [2.24, 2.45) is 0 Å². The summed E-state index contributed by atoms with van der Waals surface area (Å²) in [5.74, 6) is 2.49. The van der Waals surface area contributed by atoms with Crippen molar-refractivity contribution in [3.63, 3.8) is 0 Å². The third kappa shape index (κ3) is 3.51. The summed E-state index contributed by atoms with van der Waals surface area (Å²) < 4.78 is 5.82. The van der Waals surface area contributed by atoms with Crippen molar-refractivity contribution in [3.8, 4) is 11.6 Å². The van der Waals surface area contributed by atoms with Gasteiger partial charge in [0.15, 0.2) is 0 Å². The minimum Gasteiger partial charge on any atom is -0.439 e. The first-order chi connectivity index (χ1) is 9.63. The van der Waals surface area contributed by atoms with Crippen molar-refractivity contribution >= 4 is 11.6 Å². The fourth-order valence-corrected chi connectivity index (χ4v) is 2.16. The van der Waals surface area contributed by atoms with Crippen LogP contribution >= 0.6 is 11.6 Å². The molecule has 3 heteroatoms. The molecule has 0 fully saturated rings. The number of hydrogen-bond acceptors (Lipinski definition) is 2. The molecule has 0 saturated heterocycles. The Labute approximate surface area is 125 Å². The Bertz CT molecular complexity index is 566. The predicted octanol–water partition coefficient (Wildman–Crippen LogP) is 5.43. The Balaban J connectivity index is 2.14. The van der Waals surface area contributed by atoms with Crippen LogP contribution in [0.3, 0.4) is 0 Å². The molecule has 0 radical (unpaired) electrons. The molecule has 20 heavy (non-hydrogen) atoms. The molecule has 0 amide bonds. The van der Waals surface area contributed by atoms with Crippen LogP contribution in [0.25, 0.3) is 0 Å². The van der Waals surface area contributed by atoms with Gasteiger partial charge in [0, 0.05) is 17.6 Å². The average Bonchev–Trinajstić information content (AvgIpc) is 2.49. The van der Waals surface area contributed by atoms with Gasteiger partial charge in [0.25, 0.3) is 0 Å². The standard InChI is InChI=1S/C17H20ClNO/c1-4-12(2)15-5-7-16(8-6-15)20-17-13(3)9-14(10-18)11-19-17/h5-9,11-12H,4,10H2,1-3H3. The fraction of sp³-hybridized carbons (Fsp3) is 0.353. The predicted molar refractivity (Wildman–Crippen MR) is 83.8 cm³/mol. The van der Waals surface area contributed by atoms with Gasteiger partial charge in [0.2, 0.25) is 5.88 Å². The highest BCUT2D eigenvalue weighted by molar-refractivity contribution is 6.17. The van der Waals surface area contributed by atoms with Crippen molar-refractivity contribution in [2.75, 3.05) is 0 Å². The molecule has 0 bridgehead atoms. The number of pyridine rings is 1. The molecule has 106 valence electrons. The van der Waals surface area contributed by atoms with Crippen LogP contribution in [0.5, 0.6) is 11.6 Å². The van der Waals surface area contributed by atoms with E-state index in [1.165, 1.54) is 5.56 Å². The van der Waals surface area contributed by atoms with Gasteiger partial charge >= 0.3 is 0 Å². The Morgan fingerprint density at radius 3 is 2.50 bits per heavy atom. The van der Waals surface area contributed by atoms with Crippen molar-refractivity contribution in [2.45, 2.75) is 39.0 Å². The molecule has 1 aromatic heterocycles. The van der Waals surface area contributed by atoms with E-state index in [1.807, 2.05) is 25.1 Å². The number of ether oxygens (including phenoxy) is 1. The van der Waals surface area contributed by atoms with Crippen LogP contribution in [0.15, 0.2) is 36.5 Å². The Morgan fingerprint density at radius 2 is 1.95 bits per heavy atom. The van der Waals surface area contributed by atoms with E-state index in [9.17, 15) is 0 Å². The molecule has 0 aliphatic carbocycles. The number of rotatable bonds is 5. The summed E-state index contributed by atoms with van der Waals surface area (Å²) in [6.45, 7) is 6.40. The molecule has 0 aliphatic heterocycles. The zero-order valence-corrected chi connectivity index (χ0v) is 12.9. The van der Waals surface area contributed by atoms with E-state index >= 15 is 0 Å². The molecule has 2 rings (SSSR count). The first-order valence-corrected chi connectivity index (χ1v) is 7.46.